The number of ketones is 1. The van der Waals surface area contributed by atoms with E-state index in [9.17, 15) is 14.4 Å². The lowest BCUT2D eigenvalue weighted by Gasteiger charge is -2.08. The molecule has 2 N–H and O–H groups in total. The predicted octanol–water partition coefficient (Wildman–Crippen LogP) is 1.68. The molecule has 1 aromatic carbocycles. The van der Waals surface area contributed by atoms with Gasteiger partial charge >= 0.3 is 0 Å². The number of carbonyl (C=O) groups is 3. The highest BCUT2D eigenvalue weighted by atomic mass is 16.2. The van der Waals surface area contributed by atoms with Gasteiger partial charge in [0, 0.05) is 37.4 Å². The average molecular weight is 290 g/mol. The molecular formula is C16H22N2O3. The summed E-state index contributed by atoms with van der Waals surface area (Å²) in [6.45, 7) is 4.05. The number of hydrogen-bond acceptors (Lipinski definition) is 3. The Morgan fingerprint density at radius 1 is 0.952 bits per heavy atom. The number of hydrogen-bond donors (Lipinski definition) is 2. The highest BCUT2D eigenvalue weighted by molar-refractivity contribution is 5.97. The minimum Gasteiger partial charge on any atom is -0.356 e. The van der Waals surface area contributed by atoms with Crippen molar-refractivity contribution in [3.63, 3.8) is 0 Å². The number of carbonyl (C=O) groups excluding carboxylic acids is 3. The first-order chi connectivity index (χ1) is 9.99. The molecule has 5 heteroatoms. The van der Waals surface area contributed by atoms with E-state index in [1.165, 1.54) is 0 Å². The third-order valence-electron chi connectivity index (χ3n) is 2.80. The molecule has 0 aliphatic carbocycles. The number of rotatable bonds is 8. The maximum atomic E-state index is 11.8. The van der Waals surface area contributed by atoms with E-state index < -0.39 is 0 Å². The fourth-order valence-corrected chi connectivity index (χ4v) is 1.79. The van der Waals surface area contributed by atoms with Crippen molar-refractivity contribution >= 4 is 17.6 Å². The summed E-state index contributed by atoms with van der Waals surface area (Å²) in [6.07, 6.45) is 0.560. The molecule has 114 valence electrons. The van der Waals surface area contributed by atoms with Crippen LogP contribution in [0, 0.1) is 0 Å². The minimum atomic E-state index is -0.211. The van der Waals surface area contributed by atoms with Crippen molar-refractivity contribution in [1.29, 1.82) is 0 Å². The number of benzene rings is 1. The monoisotopic (exact) mass is 290 g/mol. The standard InChI is InChI=1S/C16H22N2O3/c1-12(2)18-16(21)10-11-17-15(20)9-8-14(19)13-6-4-3-5-7-13/h3-7,12H,8-11H2,1-2H3,(H,17,20)(H,18,21). The molecule has 2 amide bonds. The molecule has 1 aromatic rings. The topological polar surface area (TPSA) is 75.3 Å². The van der Waals surface area contributed by atoms with Crippen molar-refractivity contribution in [2.45, 2.75) is 39.2 Å². The lowest BCUT2D eigenvalue weighted by Crippen LogP contribution is -2.34. The van der Waals surface area contributed by atoms with Gasteiger partial charge in [-0.05, 0) is 13.8 Å². The van der Waals surface area contributed by atoms with Crippen LogP contribution in [0.1, 0.15) is 43.5 Å². The summed E-state index contributed by atoms with van der Waals surface area (Å²) in [7, 11) is 0. The van der Waals surface area contributed by atoms with Crippen LogP contribution < -0.4 is 10.6 Å². The van der Waals surface area contributed by atoms with Crippen LogP contribution in [0.5, 0.6) is 0 Å². The molecule has 0 heterocycles. The summed E-state index contributed by atoms with van der Waals surface area (Å²) in [6, 6.07) is 8.98. The number of Topliss-reactive ketones (excluding diaryl/α,β-unsaturated/α-hetero) is 1. The number of nitrogens with one attached hydrogen (secondary N) is 2. The van der Waals surface area contributed by atoms with Gasteiger partial charge in [0.15, 0.2) is 5.78 Å². The Labute approximate surface area is 125 Å². The van der Waals surface area contributed by atoms with E-state index in [-0.39, 0.29) is 49.4 Å². The molecule has 0 atom stereocenters. The van der Waals surface area contributed by atoms with Crippen molar-refractivity contribution < 1.29 is 14.4 Å². The van der Waals surface area contributed by atoms with Crippen molar-refractivity contribution in [2.75, 3.05) is 6.54 Å². The van der Waals surface area contributed by atoms with Gasteiger partial charge in [-0.3, -0.25) is 14.4 Å². The fraction of sp³-hybridized carbons (Fsp3) is 0.438. The molecular weight excluding hydrogens is 268 g/mol. The Kier molecular flexibility index (Phi) is 7.15. The third kappa shape index (κ3) is 7.25. The van der Waals surface area contributed by atoms with Gasteiger partial charge in [0.05, 0.1) is 0 Å². The summed E-state index contributed by atoms with van der Waals surface area (Å²) in [5, 5.41) is 5.39. The zero-order chi connectivity index (χ0) is 15.7. The van der Waals surface area contributed by atoms with Gasteiger partial charge in [-0.2, -0.15) is 0 Å². The first-order valence-electron chi connectivity index (χ1n) is 7.13. The lowest BCUT2D eigenvalue weighted by molar-refractivity contribution is -0.122. The maximum Gasteiger partial charge on any atom is 0.221 e. The summed E-state index contributed by atoms with van der Waals surface area (Å²) in [4.78, 5) is 34.8. The Morgan fingerprint density at radius 2 is 1.62 bits per heavy atom. The fourth-order valence-electron chi connectivity index (χ4n) is 1.79. The summed E-state index contributed by atoms with van der Waals surface area (Å²) in [5.41, 5.74) is 0.613. The Balaban J connectivity index is 2.20. The Hall–Kier alpha value is -2.17. The van der Waals surface area contributed by atoms with Gasteiger partial charge in [-0.1, -0.05) is 30.3 Å². The van der Waals surface area contributed by atoms with Crippen LogP contribution in [0.25, 0.3) is 0 Å². The molecule has 0 aliphatic heterocycles. The first kappa shape index (κ1) is 16.9. The Bertz CT molecular complexity index is 484. The first-order valence-corrected chi connectivity index (χ1v) is 7.13. The molecule has 0 bridgehead atoms. The normalized spacial score (nSPS) is 10.2. The van der Waals surface area contributed by atoms with Crippen LogP contribution in [0.2, 0.25) is 0 Å². The quantitative estimate of drug-likeness (QED) is 0.715. The van der Waals surface area contributed by atoms with Crippen LogP contribution in [-0.2, 0) is 9.59 Å². The van der Waals surface area contributed by atoms with Crippen molar-refractivity contribution in [2.24, 2.45) is 0 Å². The highest BCUT2D eigenvalue weighted by Gasteiger charge is 2.09. The summed E-state index contributed by atoms with van der Waals surface area (Å²) < 4.78 is 0. The molecule has 0 saturated carbocycles. The van der Waals surface area contributed by atoms with Crippen LogP contribution in [0.3, 0.4) is 0 Å². The van der Waals surface area contributed by atoms with Gasteiger partial charge in [-0.15, -0.1) is 0 Å². The van der Waals surface area contributed by atoms with E-state index in [0.29, 0.717) is 5.56 Å². The van der Waals surface area contributed by atoms with E-state index in [4.69, 9.17) is 0 Å². The van der Waals surface area contributed by atoms with E-state index in [1.807, 2.05) is 19.9 Å². The van der Waals surface area contributed by atoms with Crippen molar-refractivity contribution in [3.8, 4) is 0 Å². The lowest BCUT2D eigenvalue weighted by atomic mass is 10.1. The Morgan fingerprint density at radius 3 is 2.24 bits per heavy atom. The second-order valence-electron chi connectivity index (χ2n) is 5.11. The van der Waals surface area contributed by atoms with Gasteiger partial charge < -0.3 is 10.6 Å². The molecule has 0 aromatic heterocycles. The SMILES string of the molecule is CC(C)NC(=O)CCNC(=O)CCC(=O)c1ccccc1. The molecule has 0 spiro atoms. The van der Waals surface area contributed by atoms with Gasteiger partial charge in [0.25, 0.3) is 0 Å². The van der Waals surface area contributed by atoms with Gasteiger partial charge in [0.2, 0.25) is 11.8 Å². The minimum absolute atomic E-state index is 0.0525. The molecule has 5 nitrogen and oxygen atoms in total. The van der Waals surface area contributed by atoms with E-state index >= 15 is 0 Å². The van der Waals surface area contributed by atoms with Gasteiger partial charge in [0.1, 0.15) is 0 Å². The van der Waals surface area contributed by atoms with Crippen LogP contribution in [-0.4, -0.2) is 30.2 Å². The smallest absolute Gasteiger partial charge is 0.221 e. The summed E-state index contributed by atoms with van der Waals surface area (Å²) >= 11 is 0. The molecule has 1 rings (SSSR count). The van der Waals surface area contributed by atoms with E-state index in [1.54, 1.807) is 24.3 Å². The van der Waals surface area contributed by atoms with Gasteiger partial charge in [-0.25, -0.2) is 0 Å². The van der Waals surface area contributed by atoms with E-state index in [0.717, 1.165) is 0 Å². The predicted molar refractivity (Wildman–Crippen MR) is 80.9 cm³/mol. The van der Waals surface area contributed by atoms with Crippen molar-refractivity contribution in [1.82, 2.24) is 10.6 Å². The average Bonchev–Trinajstić information content (AvgIpc) is 2.45. The molecule has 0 fully saturated rings. The zero-order valence-corrected chi connectivity index (χ0v) is 12.5. The van der Waals surface area contributed by atoms with Crippen LogP contribution in [0.15, 0.2) is 30.3 Å². The second-order valence-corrected chi connectivity index (χ2v) is 5.11. The molecule has 0 unspecified atom stereocenters. The van der Waals surface area contributed by atoms with Crippen LogP contribution in [0.4, 0.5) is 0 Å². The molecule has 21 heavy (non-hydrogen) atoms. The largest absolute Gasteiger partial charge is 0.356 e. The van der Waals surface area contributed by atoms with Crippen molar-refractivity contribution in [3.05, 3.63) is 35.9 Å². The highest BCUT2D eigenvalue weighted by Crippen LogP contribution is 2.04. The molecule has 0 aliphatic rings. The number of amides is 2. The maximum absolute atomic E-state index is 11.8. The third-order valence-corrected chi connectivity index (χ3v) is 2.80. The van der Waals surface area contributed by atoms with E-state index in [2.05, 4.69) is 10.6 Å². The van der Waals surface area contributed by atoms with Crippen LogP contribution >= 0.6 is 0 Å². The second kappa shape index (κ2) is 8.89. The summed E-state index contributed by atoms with van der Waals surface area (Å²) in [5.74, 6) is -0.356. The molecule has 0 radical (unpaired) electrons. The molecule has 0 saturated heterocycles. The zero-order valence-electron chi connectivity index (χ0n) is 12.5.